The van der Waals surface area contributed by atoms with Crippen molar-refractivity contribution in [1.29, 1.82) is 0 Å². The molecule has 0 saturated carbocycles. The Labute approximate surface area is 155 Å². The molecule has 1 atom stereocenters. The molecule has 0 spiro atoms. The van der Waals surface area contributed by atoms with Gasteiger partial charge in [-0.2, -0.15) is 0 Å². The maximum atomic E-state index is 12.6. The molecule has 0 fully saturated rings. The number of hydrogen-bond acceptors (Lipinski definition) is 3. The van der Waals surface area contributed by atoms with Crippen LogP contribution in [0, 0.1) is 5.21 Å². The summed E-state index contributed by atoms with van der Waals surface area (Å²) in [6.45, 7) is 2.01. The van der Waals surface area contributed by atoms with Gasteiger partial charge in [-0.25, -0.2) is 0 Å². The first-order chi connectivity index (χ1) is 12.6. The minimum Gasteiger partial charge on any atom is -0.692 e. The third kappa shape index (κ3) is 2.66. The van der Waals surface area contributed by atoms with Gasteiger partial charge in [0, 0.05) is 22.6 Å². The Morgan fingerprint density at radius 1 is 1.08 bits per heavy atom. The number of phenols is 1. The smallest absolute Gasteiger partial charge is 0.251 e. The molecule has 0 saturated heterocycles. The van der Waals surface area contributed by atoms with Crippen molar-refractivity contribution in [2.24, 2.45) is 0 Å². The Morgan fingerprint density at radius 2 is 1.85 bits per heavy atom. The van der Waals surface area contributed by atoms with Gasteiger partial charge >= 0.3 is 0 Å². The van der Waals surface area contributed by atoms with Crippen LogP contribution in [-0.2, 0) is 0 Å². The highest BCUT2D eigenvalue weighted by Crippen LogP contribution is 2.34. The van der Waals surface area contributed by atoms with Crippen molar-refractivity contribution in [3.8, 4) is 11.4 Å². The van der Waals surface area contributed by atoms with Crippen molar-refractivity contribution < 1.29 is 9.95 Å². The second-order valence-corrected chi connectivity index (χ2v) is 6.58. The summed E-state index contributed by atoms with van der Waals surface area (Å²) in [5, 5.41) is 28.2. The third-order valence-electron chi connectivity index (χ3n) is 4.55. The van der Waals surface area contributed by atoms with Crippen LogP contribution in [0.25, 0.3) is 16.7 Å². The summed E-state index contributed by atoms with van der Waals surface area (Å²) in [4.78, 5) is 1.80. The topological polar surface area (TPSA) is 65.0 Å². The molecule has 130 valence electrons. The lowest BCUT2D eigenvalue weighted by Gasteiger charge is -2.15. The third-order valence-corrected chi connectivity index (χ3v) is 4.78. The minimum absolute atomic E-state index is 0.0318. The number of benzene rings is 3. The van der Waals surface area contributed by atoms with E-state index in [1.54, 1.807) is 24.3 Å². The molecule has 1 aromatic heterocycles. The Morgan fingerprint density at radius 3 is 2.62 bits per heavy atom. The molecule has 0 aliphatic heterocycles. The highest BCUT2D eigenvalue weighted by Gasteiger charge is 2.22. The number of aromatic hydroxyl groups is 1. The molecule has 4 aromatic rings. The van der Waals surface area contributed by atoms with Gasteiger partial charge in [0.05, 0.1) is 5.10 Å². The number of nitrogens with zero attached hydrogens (tertiary/aromatic N) is 3. The van der Waals surface area contributed by atoms with Gasteiger partial charge < -0.3 is 10.3 Å². The van der Waals surface area contributed by atoms with Gasteiger partial charge in [-0.05, 0) is 28.6 Å². The molecule has 0 bridgehead atoms. The van der Waals surface area contributed by atoms with Gasteiger partial charge in [-0.3, -0.25) is 0 Å². The van der Waals surface area contributed by atoms with Crippen LogP contribution in [0.3, 0.4) is 0 Å². The fraction of sp³-hybridized carbons (Fsp3) is 0.100. The molecule has 4 rings (SSSR count). The van der Waals surface area contributed by atoms with E-state index in [1.165, 1.54) is 0 Å². The first kappa shape index (κ1) is 16.4. The van der Waals surface area contributed by atoms with Crippen LogP contribution in [0.2, 0.25) is 5.02 Å². The van der Waals surface area contributed by atoms with Gasteiger partial charge in [-0.15, -0.1) is 4.85 Å². The lowest BCUT2D eigenvalue weighted by atomic mass is 9.92. The molecule has 1 N–H and O–H groups in total. The number of halogens is 1. The summed E-state index contributed by atoms with van der Waals surface area (Å²) < 4.78 is 0. The van der Waals surface area contributed by atoms with Gasteiger partial charge in [0.1, 0.15) is 0 Å². The lowest BCUT2D eigenvalue weighted by Crippen LogP contribution is -2.37. The molecule has 1 heterocycles. The quantitative estimate of drug-likeness (QED) is 0.437. The summed E-state index contributed by atoms with van der Waals surface area (Å²) in [5.41, 5.74) is 2.98. The van der Waals surface area contributed by atoms with E-state index in [4.69, 9.17) is 11.6 Å². The van der Waals surface area contributed by atoms with Crippen LogP contribution in [0.4, 0.5) is 0 Å². The maximum absolute atomic E-state index is 12.6. The van der Waals surface area contributed by atoms with Crippen LogP contribution < -0.4 is 4.85 Å². The zero-order chi connectivity index (χ0) is 18.3. The van der Waals surface area contributed by atoms with Crippen molar-refractivity contribution in [2.45, 2.75) is 12.8 Å². The Kier molecular flexibility index (Phi) is 4.01. The molecule has 0 amide bonds. The van der Waals surface area contributed by atoms with E-state index >= 15 is 0 Å². The van der Waals surface area contributed by atoms with Gasteiger partial charge in [0.25, 0.3) is 5.52 Å². The van der Waals surface area contributed by atoms with E-state index < -0.39 is 0 Å². The van der Waals surface area contributed by atoms with Crippen molar-refractivity contribution in [2.75, 3.05) is 0 Å². The average molecular weight is 366 g/mol. The summed E-state index contributed by atoms with van der Waals surface area (Å²) in [5.74, 6) is 0.00281. The Bertz CT molecular complexity index is 1090. The van der Waals surface area contributed by atoms with E-state index in [-0.39, 0.29) is 11.7 Å². The highest BCUT2D eigenvalue weighted by atomic mass is 35.5. The molecule has 26 heavy (non-hydrogen) atoms. The number of phenolic OH excluding ortho intramolecular Hbond substituents is 1. The molecule has 5 nitrogen and oxygen atoms in total. The maximum Gasteiger partial charge on any atom is 0.251 e. The largest absolute Gasteiger partial charge is 0.692 e. The number of fused-ring (bicyclic) bond motifs is 1. The van der Waals surface area contributed by atoms with Crippen molar-refractivity contribution >= 4 is 22.6 Å². The highest BCUT2D eigenvalue weighted by molar-refractivity contribution is 6.31. The van der Waals surface area contributed by atoms with E-state index in [2.05, 4.69) is 5.10 Å². The zero-order valence-corrected chi connectivity index (χ0v) is 14.8. The number of hydrogen-bond donors (Lipinski definition) is 1. The van der Waals surface area contributed by atoms with Crippen LogP contribution in [0.15, 0.2) is 66.7 Å². The van der Waals surface area contributed by atoms with Crippen molar-refractivity contribution in [3.05, 3.63) is 88.1 Å². The summed E-state index contributed by atoms with van der Waals surface area (Å²) in [6.07, 6.45) is 0. The van der Waals surface area contributed by atoms with Crippen molar-refractivity contribution in [1.82, 2.24) is 9.90 Å². The standard InChI is InChI=1S/C20H16ClN3O2/c1-13(14-6-3-2-4-7-14)16-8-5-9-19(20(16)25)23-22-17-12-15(21)10-11-18(17)24(23)26/h2-13,25H,1H3. The van der Waals surface area contributed by atoms with E-state index in [9.17, 15) is 10.3 Å². The molecule has 0 aliphatic rings. The predicted octanol–water partition coefficient (Wildman–Crippen LogP) is 4.17. The fourth-order valence-corrected chi connectivity index (χ4v) is 3.28. The lowest BCUT2D eigenvalue weighted by molar-refractivity contribution is -0.664. The van der Waals surface area contributed by atoms with Gasteiger partial charge in [0.2, 0.25) is 5.52 Å². The van der Waals surface area contributed by atoms with Crippen LogP contribution in [0.1, 0.15) is 24.0 Å². The molecule has 3 aromatic carbocycles. The molecule has 6 heteroatoms. The fourth-order valence-electron chi connectivity index (χ4n) is 3.12. The monoisotopic (exact) mass is 365 g/mol. The predicted molar refractivity (Wildman–Crippen MR) is 101 cm³/mol. The Balaban J connectivity index is 1.85. The molecule has 0 radical (unpaired) electrons. The van der Waals surface area contributed by atoms with E-state index in [0.29, 0.717) is 26.6 Å². The van der Waals surface area contributed by atoms with E-state index in [0.717, 1.165) is 15.9 Å². The first-order valence-corrected chi connectivity index (χ1v) is 8.59. The number of rotatable bonds is 3. The number of aromatic nitrogens is 3. The minimum atomic E-state index is -0.0318. The van der Waals surface area contributed by atoms with Crippen LogP contribution in [0.5, 0.6) is 5.75 Å². The summed E-state index contributed by atoms with van der Waals surface area (Å²) in [6, 6.07) is 20.1. The normalized spacial score (nSPS) is 12.4. The molecular formula is C20H16ClN3O2. The molecular weight excluding hydrogens is 350 g/mol. The number of para-hydroxylation sites is 1. The second-order valence-electron chi connectivity index (χ2n) is 6.14. The summed E-state index contributed by atoms with van der Waals surface area (Å²) >= 11 is 5.98. The SMILES string of the molecule is CC(c1ccccc1)c1cccc(-n2nc3cc(Cl)ccc3[n+]2[O-])c1O. The Hall–Kier alpha value is -3.05. The van der Waals surface area contributed by atoms with Crippen LogP contribution in [-0.4, -0.2) is 15.0 Å². The molecule has 0 aliphatic carbocycles. The zero-order valence-electron chi connectivity index (χ0n) is 14.0. The molecule has 1 unspecified atom stereocenters. The van der Waals surface area contributed by atoms with Crippen molar-refractivity contribution in [3.63, 3.8) is 0 Å². The average Bonchev–Trinajstić information content (AvgIpc) is 2.98. The second kappa shape index (κ2) is 6.35. The van der Waals surface area contributed by atoms with E-state index in [1.807, 2.05) is 49.4 Å². The summed E-state index contributed by atoms with van der Waals surface area (Å²) in [7, 11) is 0. The van der Waals surface area contributed by atoms with Crippen LogP contribution >= 0.6 is 11.6 Å². The first-order valence-electron chi connectivity index (χ1n) is 8.21. The van der Waals surface area contributed by atoms with Gasteiger partial charge in [-0.1, -0.05) is 61.0 Å². The van der Waals surface area contributed by atoms with Gasteiger partial charge in [0.15, 0.2) is 11.4 Å².